The van der Waals surface area contributed by atoms with Gasteiger partial charge in [-0.25, -0.2) is 0 Å². The maximum Gasteiger partial charge on any atom is 0.243 e. The van der Waals surface area contributed by atoms with Crippen molar-refractivity contribution in [1.29, 1.82) is 5.26 Å². The number of benzene rings is 2. The molecular formula is C18H18ClN3O. The Morgan fingerprint density at radius 1 is 1.22 bits per heavy atom. The molecule has 2 N–H and O–H groups in total. The van der Waals surface area contributed by atoms with E-state index in [1.165, 1.54) is 0 Å². The molecule has 2 aromatic carbocycles. The number of anilines is 2. The first kappa shape index (κ1) is 16.9. The molecule has 1 amide bonds. The molecule has 4 nitrogen and oxygen atoms in total. The van der Waals surface area contributed by atoms with E-state index in [0.29, 0.717) is 22.2 Å². The molecule has 0 aliphatic rings. The Kier molecular flexibility index (Phi) is 5.61. The fourth-order valence-corrected chi connectivity index (χ4v) is 2.42. The van der Waals surface area contributed by atoms with Crippen molar-refractivity contribution in [2.45, 2.75) is 19.8 Å². The highest BCUT2D eigenvalue weighted by molar-refractivity contribution is 6.31. The molecule has 118 valence electrons. The van der Waals surface area contributed by atoms with Crippen LogP contribution >= 0.6 is 11.6 Å². The summed E-state index contributed by atoms with van der Waals surface area (Å²) < 4.78 is 0. The van der Waals surface area contributed by atoms with Crippen LogP contribution < -0.4 is 10.6 Å². The number of nitrogens with one attached hydrogen (secondary N) is 2. The summed E-state index contributed by atoms with van der Waals surface area (Å²) in [5.41, 5.74) is 2.89. The summed E-state index contributed by atoms with van der Waals surface area (Å²) in [7, 11) is 0. The molecule has 0 fully saturated rings. The predicted molar refractivity (Wildman–Crippen MR) is 93.8 cm³/mol. The molecule has 0 saturated heterocycles. The van der Waals surface area contributed by atoms with Crippen molar-refractivity contribution in [3.8, 4) is 6.07 Å². The van der Waals surface area contributed by atoms with E-state index in [1.807, 2.05) is 30.3 Å². The summed E-state index contributed by atoms with van der Waals surface area (Å²) in [5, 5.41) is 15.4. The van der Waals surface area contributed by atoms with Gasteiger partial charge in [-0.05, 0) is 35.7 Å². The van der Waals surface area contributed by atoms with Gasteiger partial charge in [-0.15, -0.1) is 0 Å². The van der Waals surface area contributed by atoms with Crippen LogP contribution in [0.4, 0.5) is 11.4 Å². The average molecular weight is 328 g/mol. The van der Waals surface area contributed by atoms with Crippen LogP contribution in [0, 0.1) is 11.3 Å². The zero-order valence-electron chi connectivity index (χ0n) is 13.1. The van der Waals surface area contributed by atoms with E-state index >= 15 is 0 Å². The molecule has 23 heavy (non-hydrogen) atoms. The van der Waals surface area contributed by atoms with Crippen molar-refractivity contribution < 1.29 is 4.79 Å². The normalized spacial score (nSPS) is 10.2. The van der Waals surface area contributed by atoms with Crippen LogP contribution in [-0.4, -0.2) is 12.5 Å². The highest BCUT2D eigenvalue weighted by Crippen LogP contribution is 2.24. The van der Waals surface area contributed by atoms with E-state index in [-0.39, 0.29) is 12.5 Å². The van der Waals surface area contributed by atoms with E-state index in [2.05, 4.69) is 24.5 Å². The molecule has 0 aliphatic carbocycles. The Morgan fingerprint density at radius 2 is 1.96 bits per heavy atom. The fourth-order valence-electron chi connectivity index (χ4n) is 2.25. The number of hydrogen-bond donors (Lipinski definition) is 2. The SMILES string of the molecule is CC(C)c1ccccc1NCC(=O)Nc1cc(Cl)ccc1C#N. The molecular weight excluding hydrogens is 310 g/mol. The number of halogens is 1. The fraction of sp³-hybridized carbons (Fsp3) is 0.222. The number of carbonyl (C=O) groups excluding carboxylic acids is 1. The quantitative estimate of drug-likeness (QED) is 0.856. The first-order chi connectivity index (χ1) is 11.0. The standard InChI is InChI=1S/C18H18ClN3O/c1-12(2)15-5-3-4-6-16(15)21-11-18(23)22-17-9-14(19)8-7-13(17)10-20/h3-9,12,21H,11H2,1-2H3,(H,22,23). The van der Waals surface area contributed by atoms with Gasteiger partial charge in [0, 0.05) is 10.7 Å². The topological polar surface area (TPSA) is 64.9 Å². The highest BCUT2D eigenvalue weighted by atomic mass is 35.5. The van der Waals surface area contributed by atoms with Gasteiger partial charge in [0.05, 0.1) is 17.8 Å². The van der Waals surface area contributed by atoms with Gasteiger partial charge in [0.25, 0.3) is 0 Å². The van der Waals surface area contributed by atoms with Gasteiger partial charge in [0.2, 0.25) is 5.91 Å². The van der Waals surface area contributed by atoms with Gasteiger partial charge in [0.15, 0.2) is 0 Å². The second kappa shape index (κ2) is 7.66. The largest absolute Gasteiger partial charge is 0.376 e. The van der Waals surface area contributed by atoms with Gasteiger partial charge in [0.1, 0.15) is 6.07 Å². The van der Waals surface area contributed by atoms with E-state index in [9.17, 15) is 4.79 Å². The number of carbonyl (C=O) groups is 1. The summed E-state index contributed by atoms with van der Waals surface area (Å²) >= 11 is 5.91. The Labute approximate surface area is 141 Å². The Balaban J connectivity index is 2.04. The number of hydrogen-bond acceptors (Lipinski definition) is 3. The number of amides is 1. The maximum absolute atomic E-state index is 12.1. The predicted octanol–water partition coefficient (Wildman–Crippen LogP) is 4.39. The first-order valence-corrected chi connectivity index (χ1v) is 7.71. The third-order valence-electron chi connectivity index (χ3n) is 3.40. The third kappa shape index (κ3) is 4.48. The molecule has 0 aliphatic heterocycles. The number of nitriles is 1. The Bertz CT molecular complexity index is 750. The summed E-state index contributed by atoms with van der Waals surface area (Å²) in [6.45, 7) is 4.32. The summed E-state index contributed by atoms with van der Waals surface area (Å²) in [6.07, 6.45) is 0. The monoisotopic (exact) mass is 327 g/mol. The zero-order valence-corrected chi connectivity index (χ0v) is 13.8. The molecule has 0 bridgehead atoms. The average Bonchev–Trinajstić information content (AvgIpc) is 2.53. The van der Waals surface area contributed by atoms with Crippen LogP contribution in [0.25, 0.3) is 0 Å². The van der Waals surface area contributed by atoms with Crippen molar-refractivity contribution in [1.82, 2.24) is 0 Å². The molecule has 0 saturated carbocycles. The summed E-state index contributed by atoms with van der Waals surface area (Å²) in [5.74, 6) is 0.127. The minimum atomic E-state index is -0.234. The van der Waals surface area contributed by atoms with Crippen LogP contribution in [0.2, 0.25) is 5.02 Å². The molecule has 0 aromatic heterocycles. The second-order valence-corrected chi connectivity index (χ2v) is 5.88. The van der Waals surface area contributed by atoms with Crippen LogP contribution in [0.1, 0.15) is 30.9 Å². The van der Waals surface area contributed by atoms with E-state index in [0.717, 1.165) is 11.3 Å². The van der Waals surface area contributed by atoms with Gasteiger partial charge in [-0.1, -0.05) is 43.6 Å². The van der Waals surface area contributed by atoms with Gasteiger partial charge in [-0.2, -0.15) is 5.26 Å². The van der Waals surface area contributed by atoms with Crippen LogP contribution in [0.15, 0.2) is 42.5 Å². The van der Waals surface area contributed by atoms with Gasteiger partial charge < -0.3 is 10.6 Å². The molecule has 0 atom stereocenters. The maximum atomic E-state index is 12.1. The molecule has 0 unspecified atom stereocenters. The second-order valence-electron chi connectivity index (χ2n) is 5.45. The van der Waals surface area contributed by atoms with Crippen LogP contribution in [-0.2, 0) is 4.79 Å². The van der Waals surface area contributed by atoms with Crippen molar-refractivity contribution in [3.63, 3.8) is 0 Å². The van der Waals surface area contributed by atoms with Crippen LogP contribution in [0.5, 0.6) is 0 Å². The lowest BCUT2D eigenvalue weighted by atomic mass is 10.0. The van der Waals surface area contributed by atoms with Crippen LogP contribution in [0.3, 0.4) is 0 Å². The Morgan fingerprint density at radius 3 is 2.65 bits per heavy atom. The number of para-hydroxylation sites is 1. The molecule has 2 rings (SSSR count). The van der Waals surface area contributed by atoms with Crippen molar-refractivity contribution in [2.75, 3.05) is 17.2 Å². The smallest absolute Gasteiger partial charge is 0.243 e. The lowest BCUT2D eigenvalue weighted by Gasteiger charge is -2.14. The molecule has 0 spiro atoms. The lowest BCUT2D eigenvalue weighted by Crippen LogP contribution is -2.22. The van der Waals surface area contributed by atoms with E-state index in [1.54, 1.807) is 18.2 Å². The van der Waals surface area contributed by atoms with Crippen molar-refractivity contribution >= 4 is 28.9 Å². The van der Waals surface area contributed by atoms with Crippen molar-refractivity contribution in [3.05, 3.63) is 58.6 Å². The lowest BCUT2D eigenvalue weighted by molar-refractivity contribution is -0.114. The Hall–Kier alpha value is -2.51. The molecule has 0 radical (unpaired) electrons. The number of nitrogens with zero attached hydrogens (tertiary/aromatic N) is 1. The third-order valence-corrected chi connectivity index (χ3v) is 3.63. The molecule has 2 aromatic rings. The summed E-state index contributed by atoms with van der Waals surface area (Å²) in [4.78, 5) is 12.1. The first-order valence-electron chi connectivity index (χ1n) is 7.33. The minimum Gasteiger partial charge on any atom is -0.376 e. The molecule has 5 heteroatoms. The van der Waals surface area contributed by atoms with Gasteiger partial charge >= 0.3 is 0 Å². The highest BCUT2D eigenvalue weighted by Gasteiger charge is 2.10. The van der Waals surface area contributed by atoms with E-state index < -0.39 is 0 Å². The number of rotatable bonds is 5. The summed E-state index contributed by atoms with van der Waals surface area (Å²) in [6, 6.07) is 14.7. The van der Waals surface area contributed by atoms with Gasteiger partial charge in [-0.3, -0.25) is 4.79 Å². The minimum absolute atomic E-state index is 0.112. The van der Waals surface area contributed by atoms with E-state index in [4.69, 9.17) is 16.9 Å². The van der Waals surface area contributed by atoms with Crippen molar-refractivity contribution in [2.24, 2.45) is 0 Å². The zero-order chi connectivity index (χ0) is 16.8. The molecule has 0 heterocycles.